The van der Waals surface area contributed by atoms with Crippen molar-refractivity contribution in [1.29, 1.82) is 0 Å². The molecule has 1 amide bonds. The van der Waals surface area contributed by atoms with E-state index in [-0.39, 0.29) is 11.5 Å². The number of hydrogen-bond acceptors (Lipinski definition) is 2. The molecule has 2 aromatic rings. The van der Waals surface area contributed by atoms with Gasteiger partial charge in [0.25, 0.3) is 0 Å². The Kier molecular flexibility index (Phi) is 5.82. The summed E-state index contributed by atoms with van der Waals surface area (Å²) in [6.45, 7) is 1.62. The minimum Gasteiger partial charge on any atom is -0.386 e. The van der Waals surface area contributed by atoms with Crippen molar-refractivity contribution < 1.29 is 18.7 Å². The molecule has 0 spiro atoms. The maximum atomic E-state index is 13.2. The molecule has 0 aliphatic carbocycles. The van der Waals surface area contributed by atoms with Gasteiger partial charge in [-0.3, -0.25) is 4.79 Å². The van der Waals surface area contributed by atoms with E-state index in [4.69, 9.17) is 0 Å². The highest BCUT2D eigenvalue weighted by Crippen LogP contribution is 2.19. The summed E-state index contributed by atoms with van der Waals surface area (Å²) < 4.78 is 26.1. The van der Waals surface area contributed by atoms with Gasteiger partial charge in [0.1, 0.15) is 0 Å². The summed E-state index contributed by atoms with van der Waals surface area (Å²) in [5.41, 5.74) is 1.27. The summed E-state index contributed by atoms with van der Waals surface area (Å²) in [5.74, 6) is -2.20. The number of aliphatic hydroxyl groups excluding tert-OH is 1. The molecule has 0 bridgehead atoms. The maximum Gasteiger partial charge on any atom is 0.220 e. The van der Waals surface area contributed by atoms with Gasteiger partial charge in [-0.15, -0.1) is 0 Å². The lowest BCUT2D eigenvalue weighted by atomic mass is 10.0. The Morgan fingerprint density at radius 1 is 1.13 bits per heavy atom. The third kappa shape index (κ3) is 4.86. The lowest BCUT2D eigenvalue weighted by Gasteiger charge is -2.20. The molecule has 0 saturated carbocycles. The molecule has 23 heavy (non-hydrogen) atoms. The molecule has 0 radical (unpaired) electrons. The summed E-state index contributed by atoms with van der Waals surface area (Å²) in [4.78, 5) is 11.9. The standard InChI is InChI=1S/C18H19F2NO2/c1-12(18(23)14-8-9-15(19)16(20)11-14)21-17(22)10-7-13-5-3-2-4-6-13/h2-6,8-9,11-12,18,23H,7,10H2,1H3,(H,21,22). The largest absolute Gasteiger partial charge is 0.386 e. The van der Waals surface area contributed by atoms with Crippen LogP contribution >= 0.6 is 0 Å². The van der Waals surface area contributed by atoms with Crippen LogP contribution in [0.4, 0.5) is 8.78 Å². The molecule has 2 atom stereocenters. The van der Waals surface area contributed by atoms with E-state index in [1.807, 2.05) is 30.3 Å². The molecule has 0 fully saturated rings. The predicted molar refractivity (Wildman–Crippen MR) is 83.7 cm³/mol. The monoisotopic (exact) mass is 319 g/mol. The van der Waals surface area contributed by atoms with E-state index in [0.717, 1.165) is 17.7 Å². The first-order chi connectivity index (χ1) is 11.0. The van der Waals surface area contributed by atoms with E-state index >= 15 is 0 Å². The molecule has 122 valence electrons. The van der Waals surface area contributed by atoms with Crippen molar-refractivity contribution in [3.63, 3.8) is 0 Å². The van der Waals surface area contributed by atoms with E-state index in [1.54, 1.807) is 6.92 Å². The summed E-state index contributed by atoms with van der Waals surface area (Å²) in [5, 5.41) is 12.8. The Morgan fingerprint density at radius 2 is 1.83 bits per heavy atom. The molecule has 2 unspecified atom stereocenters. The van der Waals surface area contributed by atoms with Gasteiger partial charge in [0.05, 0.1) is 12.1 Å². The molecular weight excluding hydrogens is 300 g/mol. The van der Waals surface area contributed by atoms with Crippen molar-refractivity contribution >= 4 is 5.91 Å². The lowest BCUT2D eigenvalue weighted by molar-refractivity contribution is -0.122. The Morgan fingerprint density at radius 3 is 2.48 bits per heavy atom. The second-order valence-electron chi connectivity index (χ2n) is 5.46. The lowest BCUT2D eigenvalue weighted by Crippen LogP contribution is -2.37. The van der Waals surface area contributed by atoms with Crippen LogP contribution in [-0.4, -0.2) is 17.1 Å². The number of halogens is 2. The predicted octanol–water partition coefficient (Wildman–Crippen LogP) is 3.14. The van der Waals surface area contributed by atoms with Gasteiger partial charge in [-0.25, -0.2) is 8.78 Å². The van der Waals surface area contributed by atoms with Crippen molar-refractivity contribution in [3.8, 4) is 0 Å². The van der Waals surface area contributed by atoms with E-state index in [1.165, 1.54) is 6.07 Å². The fourth-order valence-electron chi connectivity index (χ4n) is 2.29. The number of nitrogens with one attached hydrogen (secondary N) is 1. The van der Waals surface area contributed by atoms with E-state index in [2.05, 4.69) is 5.32 Å². The van der Waals surface area contributed by atoms with Crippen LogP contribution in [0.15, 0.2) is 48.5 Å². The molecule has 0 saturated heterocycles. The summed E-state index contributed by atoms with van der Waals surface area (Å²) in [6.07, 6.45) is -0.217. The first kappa shape index (κ1) is 17.1. The number of hydrogen-bond donors (Lipinski definition) is 2. The molecule has 2 aromatic carbocycles. The van der Waals surface area contributed by atoms with Crippen LogP contribution in [-0.2, 0) is 11.2 Å². The van der Waals surface area contributed by atoms with Crippen molar-refractivity contribution in [3.05, 3.63) is 71.3 Å². The zero-order valence-electron chi connectivity index (χ0n) is 12.8. The van der Waals surface area contributed by atoms with Gasteiger partial charge in [-0.1, -0.05) is 36.4 Å². The molecule has 3 nitrogen and oxygen atoms in total. The van der Waals surface area contributed by atoms with Crippen LogP contribution in [0.3, 0.4) is 0 Å². The quantitative estimate of drug-likeness (QED) is 0.859. The molecule has 0 aliphatic rings. The number of aliphatic hydroxyl groups is 1. The van der Waals surface area contributed by atoms with Gasteiger partial charge in [0.15, 0.2) is 11.6 Å². The number of rotatable bonds is 6. The number of amides is 1. The summed E-state index contributed by atoms with van der Waals surface area (Å²) in [6, 6.07) is 12.2. The Balaban J connectivity index is 1.88. The summed E-state index contributed by atoms with van der Waals surface area (Å²) >= 11 is 0. The fourth-order valence-corrected chi connectivity index (χ4v) is 2.29. The minimum absolute atomic E-state index is 0.206. The zero-order chi connectivity index (χ0) is 16.8. The van der Waals surface area contributed by atoms with Gasteiger partial charge in [-0.05, 0) is 36.6 Å². The number of carbonyl (C=O) groups is 1. The maximum absolute atomic E-state index is 13.2. The molecule has 2 N–H and O–H groups in total. The zero-order valence-corrected chi connectivity index (χ0v) is 12.8. The Bertz CT molecular complexity index is 661. The Hall–Kier alpha value is -2.27. The van der Waals surface area contributed by atoms with Crippen LogP contribution in [0, 0.1) is 11.6 Å². The van der Waals surface area contributed by atoms with Gasteiger partial charge in [-0.2, -0.15) is 0 Å². The summed E-state index contributed by atoms with van der Waals surface area (Å²) in [7, 11) is 0. The van der Waals surface area contributed by atoms with Crippen LogP contribution in [0.25, 0.3) is 0 Å². The average Bonchev–Trinajstić information content (AvgIpc) is 2.55. The number of carbonyl (C=O) groups excluding carboxylic acids is 1. The van der Waals surface area contributed by atoms with Gasteiger partial charge < -0.3 is 10.4 Å². The highest BCUT2D eigenvalue weighted by molar-refractivity contribution is 5.76. The fraction of sp³-hybridized carbons (Fsp3) is 0.278. The van der Waals surface area contributed by atoms with E-state index < -0.39 is 23.8 Å². The van der Waals surface area contributed by atoms with Crippen LogP contribution in [0.5, 0.6) is 0 Å². The SMILES string of the molecule is CC(NC(=O)CCc1ccccc1)C(O)c1ccc(F)c(F)c1. The first-order valence-corrected chi connectivity index (χ1v) is 7.43. The average molecular weight is 319 g/mol. The second-order valence-corrected chi connectivity index (χ2v) is 5.46. The minimum atomic E-state index is -1.11. The van der Waals surface area contributed by atoms with Crippen molar-refractivity contribution in [1.82, 2.24) is 5.32 Å². The molecule has 5 heteroatoms. The van der Waals surface area contributed by atoms with Crippen LogP contribution in [0.1, 0.15) is 30.6 Å². The molecule has 0 aliphatic heterocycles. The van der Waals surface area contributed by atoms with E-state index in [0.29, 0.717) is 12.8 Å². The highest BCUT2D eigenvalue weighted by Gasteiger charge is 2.19. The van der Waals surface area contributed by atoms with Crippen molar-refractivity contribution in [2.75, 3.05) is 0 Å². The first-order valence-electron chi connectivity index (χ1n) is 7.43. The smallest absolute Gasteiger partial charge is 0.220 e. The van der Waals surface area contributed by atoms with Crippen molar-refractivity contribution in [2.24, 2.45) is 0 Å². The third-order valence-electron chi connectivity index (χ3n) is 3.63. The third-order valence-corrected chi connectivity index (χ3v) is 3.63. The highest BCUT2D eigenvalue weighted by atomic mass is 19.2. The van der Waals surface area contributed by atoms with Crippen LogP contribution < -0.4 is 5.32 Å². The second kappa shape index (κ2) is 7.83. The van der Waals surface area contributed by atoms with E-state index in [9.17, 15) is 18.7 Å². The number of benzene rings is 2. The van der Waals surface area contributed by atoms with Gasteiger partial charge in [0, 0.05) is 6.42 Å². The van der Waals surface area contributed by atoms with Crippen molar-refractivity contribution in [2.45, 2.75) is 31.9 Å². The number of aryl methyl sites for hydroxylation is 1. The molecule has 0 heterocycles. The molecule has 2 rings (SSSR count). The molecule has 0 aromatic heterocycles. The van der Waals surface area contributed by atoms with Crippen LogP contribution in [0.2, 0.25) is 0 Å². The molecular formula is C18H19F2NO2. The normalized spacial score (nSPS) is 13.4. The Labute approximate surface area is 134 Å². The van der Waals surface area contributed by atoms with Gasteiger partial charge >= 0.3 is 0 Å². The topological polar surface area (TPSA) is 49.3 Å². The van der Waals surface area contributed by atoms with Gasteiger partial charge in [0.2, 0.25) is 5.91 Å².